The van der Waals surface area contributed by atoms with Gasteiger partial charge < -0.3 is 4.74 Å². The molecular weight excluding hydrogens is 402 g/mol. The van der Waals surface area contributed by atoms with Crippen LogP contribution in [0.15, 0.2) is 60.7 Å². The summed E-state index contributed by atoms with van der Waals surface area (Å²) in [6, 6.07) is 13.3. The van der Waals surface area contributed by atoms with Crippen LogP contribution in [0.5, 0.6) is 5.75 Å². The number of amides is 2. The van der Waals surface area contributed by atoms with E-state index in [1.54, 1.807) is 48.5 Å². The predicted octanol–water partition coefficient (Wildman–Crippen LogP) is 4.12. The highest BCUT2D eigenvalue weighted by Crippen LogP contribution is 2.65. The zero-order chi connectivity index (χ0) is 20.6. The van der Waals surface area contributed by atoms with Crippen molar-refractivity contribution in [3.05, 3.63) is 71.3 Å². The number of carbonyl (C=O) groups excluding carboxylic acids is 3. The third kappa shape index (κ3) is 2.39. The summed E-state index contributed by atoms with van der Waals surface area (Å²) in [6.07, 6.45) is 5.39. The van der Waals surface area contributed by atoms with Crippen LogP contribution in [0.25, 0.3) is 0 Å². The van der Waals surface area contributed by atoms with Gasteiger partial charge in [-0.15, -0.1) is 0 Å². The number of carbonyl (C=O) groups is 3. The quantitative estimate of drug-likeness (QED) is 0.325. The van der Waals surface area contributed by atoms with Crippen molar-refractivity contribution in [2.75, 3.05) is 4.90 Å². The fraction of sp³-hybridized carbons (Fsp3) is 0.292. The van der Waals surface area contributed by atoms with Crippen LogP contribution in [0.3, 0.4) is 0 Å². The van der Waals surface area contributed by atoms with Crippen LogP contribution in [0.4, 0.5) is 5.69 Å². The number of imide groups is 1. The topological polar surface area (TPSA) is 63.7 Å². The molecule has 150 valence electrons. The van der Waals surface area contributed by atoms with Gasteiger partial charge in [0.25, 0.3) is 0 Å². The lowest BCUT2D eigenvalue weighted by Crippen LogP contribution is -2.40. The van der Waals surface area contributed by atoms with Crippen molar-refractivity contribution in [2.24, 2.45) is 35.5 Å². The number of anilines is 1. The molecule has 1 heterocycles. The first-order chi connectivity index (χ1) is 14.6. The average molecular weight is 420 g/mol. The number of hydrogen-bond donors (Lipinski definition) is 0. The van der Waals surface area contributed by atoms with Gasteiger partial charge in [-0.1, -0.05) is 48.0 Å². The van der Waals surface area contributed by atoms with Crippen LogP contribution >= 0.6 is 11.6 Å². The van der Waals surface area contributed by atoms with E-state index in [2.05, 4.69) is 12.2 Å². The second-order valence-corrected chi connectivity index (χ2v) is 8.91. The van der Waals surface area contributed by atoms with Crippen LogP contribution in [0, 0.1) is 35.5 Å². The molecule has 1 aliphatic heterocycles. The molecule has 6 heteroatoms. The summed E-state index contributed by atoms with van der Waals surface area (Å²) in [5.74, 6) is -0.0779. The lowest BCUT2D eigenvalue weighted by Gasteiger charge is -2.37. The normalized spacial score (nSPS) is 32.8. The van der Waals surface area contributed by atoms with E-state index in [4.69, 9.17) is 16.3 Å². The van der Waals surface area contributed by atoms with Crippen LogP contribution in [-0.2, 0) is 9.59 Å². The van der Waals surface area contributed by atoms with E-state index in [1.165, 1.54) is 4.90 Å². The number of esters is 1. The van der Waals surface area contributed by atoms with Crippen LogP contribution in [-0.4, -0.2) is 17.8 Å². The molecule has 0 unspecified atom stereocenters. The molecule has 0 aromatic heterocycles. The number of allylic oxidation sites excluding steroid dienone is 2. The van der Waals surface area contributed by atoms with Crippen molar-refractivity contribution in [3.63, 3.8) is 0 Å². The second kappa shape index (κ2) is 6.29. The van der Waals surface area contributed by atoms with Crippen molar-refractivity contribution >= 4 is 35.1 Å². The molecule has 0 N–H and O–H groups in total. The molecule has 30 heavy (non-hydrogen) atoms. The van der Waals surface area contributed by atoms with Crippen molar-refractivity contribution < 1.29 is 19.1 Å². The third-order valence-corrected chi connectivity index (χ3v) is 7.39. The average Bonchev–Trinajstić information content (AvgIpc) is 3.53. The maximum absolute atomic E-state index is 13.4. The minimum atomic E-state index is -0.632. The zero-order valence-corrected chi connectivity index (χ0v) is 16.7. The van der Waals surface area contributed by atoms with Crippen LogP contribution in [0.1, 0.15) is 16.8 Å². The molecule has 0 radical (unpaired) electrons. The number of ether oxygens (including phenoxy) is 1. The molecule has 5 nitrogen and oxygen atoms in total. The molecule has 7 rings (SSSR count). The van der Waals surface area contributed by atoms with Gasteiger partial charge in [0.05, 0.1) is 28.1 Å². The van der Waals surface area contributed by atoms with E-state index in [0.29, 0.717) is 17.5 Å². The summed E-state index contributed by atoms with van der Waals surface area (Å²) < 4.78 is 5.59. The van der Waals surface area contributed by atoms with E-state index in [0.717, 1.165) is 6.42 Å². The number of benzene rings is 2. The molecular formula is C24H18ClNO4. The molecule has 2 bridgehead atoms. The van der Waals surface area contributed by atoms with Gasteiger partial charge in [-0.2, -0.15) is 0 Å². The summed E-state index contributed by atoms with van der Waals surface area (Å²) in [7, 11) is 0. The summed E-state index contributed by atoms with van der Waals surface area (Å²) in [4.78, 5) is 40.7. The van der Waals surface area contributed by atoms with Gasteiger partial charge >= 0.3 is 5.97 Å². The largest absolute Gasteiger partial charge is 0.421 e. The molecule has 2 amide bonds. The van der Waals surface area contributed by atoms with Crippen LogP contribution < -0.4 is 9.64 Å². The van der Waals surface area contributed by atoms with Gasteiger partial charge in [0.1, 0.15) is 0 Å². The highest BCUT2D eigenvalue weighted by molar-refractivity contribution is 6.33. The first-order valence-electron chi connectivity index (χ1n) is 10.2. The number of halogens is 1. The highest BCUT2D eigenvalue weighted by atomic mass is 35.5. The van der Waals surface area contributed by atoms with E-state index < -0.39 is 5.97 Å². The third-order valence-electron chi connectivity index (χ3n) is 7.07. The Kier molecular flexibility index (Phi) is 3.75. The molecule has 3 fully saturated rings. The van der Waals surface area contributed by atoms with E-state index >= 15 is 0 Å². The fourth-order valence-corrected chi connectivity index (χ4v) is 5.92. The molecule has 6 atom stereocenters. The Morgan fingerprint density at radius 3 is 2.17 bits per heavy atom. The van der Waals surface area contributed by atoms with Gasteiger partial charge in [0.2, 0.25) is 11.8 Å². The molecule has 5 aliphatic rings. The number of hydrogen-bond acceptors (Lipinski definition) is 4. The highest BCUT2D eigenvalue weighted by Gasteiger charge is 2.67. The maximum Gasteiger partial charge on any atom is 0.345 e. The number of nitrogens with zero attached hydrogens (tertiary/aromatic N) is 1. The Balaban J connectivity index is 1.35. The molecule has 2 aromatic rings. The Hall–Kier alpha value is -2.92. The lowest BCUT2D eigenvalue weighted by molar-refractivity contribution is -0.124. The number of rotatable bonds is 3. The summed E-state index contributed by atoms with van der Waals surface area (Å²) >= 11 is 6.11. The van der Waals surface area contributed by atoms with E-state index in [9.17, 15) is 14.4 Å². The smallest absolute Gasteiger partial charge is 0.345 e. The predicted molar refractivity (Wildman–Crippen MR) is 110 cm³/mol. The summed E-state index contributed by atoms with van der Waals surface area (Å²) in [5, 5.41) is 0.279. The van der Waals surface area contributed by atoms with Gasteiger partial charge in [0.15, 0.2) is 5.75 Å². The van der Waals surface area contributed by atoms with Crippen molar-refractivity contribution in [2.45, 2.75) is 6.42 Å². The standard InChI is InChI=1S/C24H18ClNO4/c25-17-6-2-1-5-14(17)24(29)30-19-8-4-3-7-18(19)26-22(27)20-12-9-10-13(16-11-15(12)16)21(20)23(26)28/h1-10,12-13,15-16,20-21H,11H2/t12-,13+,15-,16-,20+,21+/m1/s1. The van der Waals surface area contributed by atoms with Gasteiger partial charge in [0, 0.05) is 0 Å². The monoisotopic (exact) mass is 419 g/mol. The minimum absolute atomic E-state index is 0.143. The minimum Gasteiger partial charge on any atom is -0.421 e. The molecule has 0 spiro atoms. The van der Waals surface area contributed by atoms with E-state index in [-0.39, 0.29) is 51.8 Å². The Morgan fingerprint density at radius 1 is 0.900 bits per heavy atom. The Morgan fingerprint density at radius 2 is 1.50 bits per heavy atom. The van der Waals surface area contributed by atoms with Crippen LogP contribution in [0.2, 0.25) is 5.02 Å². The number of para-hydroxylation sites is 2. The van der Waals surface area contributed by atoms with Crippen molar-refractivity contribution in [1.82, 2.24) is 0 Å². The van der Waals surface area contributed by atoms with Gasteiger partial charge in [-0.3, -0.25) is 9.59 Å². The zero-order valence-electron chi connectivity index (χ0n) is 15.9. The molecule has 4 aliphatic carbocycles. The second-order valence-electron chi connectivity index (χ2n) is 8.50. The SMILES string of the molecule is O=C(Oc1ccccc1N1C(=O)[C@H]2[C@@H]3C=C[C@@H]([C@H]4C[C@H]34)[C@@H]2C1=O)c1ccccc1Cl. The molecule has 1 saturated heterocycles. The lowest BCUT2D eigenvalue weighted by atomic mass is 9.63. The van der Waals surface area contributed by atoms with Gasteiger partial charge in [-0.05, 0) is 54.4 Å². The van der Waals surface area contributed by atoms with E-state index in [1.807, 2.05) is 0 Å². The van der Waals surface area contributed by atoms with Gasteiger partial charge in [-0.25, -0.2) is 9.69 Å². The Labute approximate surface area is 178 Å². The summed E-state index contributed by atoms with van der Waals surface area (Å²) in [5.41, 5.74) is 0.541. The first kappa shape index (κ1) is 17.9. The summed E-state index contributed by atoms with van der Waals surface area (Å²) in [6.45, 7) is 0. The molecule has 2 aromatic carbocycles. The molecule has 2 saturated carbocycles. The Bertz CT molecular complexity index is 1110. The van der Waals surface area contributed by atoms with Crippen molar-refractivity contribution in [1.29, 1.82) is 0 Å². The fourth-order valence-electron chi connectivity index (χ4n) is 5.70. The maximum atomic E-state index is 13.4. The van der Waals surface area contributed by atoms with Crippen molar-refractivity contribution in [3.8, 4) is 5.75 Å². The first-order valence-corrected chi connectivity index (χ1v) is 10.6.